The molecule has 0 amide bonds. The van der Waals surface area contributed by atoms with Crippen molar-refractivity contribution < 1.29 is 9.26 Å². The summed E-state index contributed by atoms with van der Waals surface area (Å²) in [6, 6.07) is 19.1. The van der Waals surface area contributed by atoms with Gasteiger partial charge in [0.2, 0.25) is 0 Å². The maximum absolute atomic E-state index is 8.99. The van der Waals surface area contributed by atoms with E-state index in [4.69, 9.17) is 14.5 Å². The van der Waals surface area contributed by atoms with Crippen LogP contribution < -0.4 is 4.74 Å². The fraction of sp³-hybridized carbons (Fsp3) is 0.200. The second-order valence-corrected chi connectivity index (χ2v) is 5.50. The Morgan fingerprint density at radius 3 is 2.67 bits per heavy atom. The van der Waals surface area contributed by atoms with Crippen LogP contribution in [0.4, 0.5) is 0 Å². The van der Waals surface area contributed by atoms with Crippen LogP contribution in [0.25, 0.3) is 22.6 Å². The molecule has 1 heterocycles. The largest absolute Gasteiger partial charge is 0.494 e. The predicted octanol–water partition coefficient (Wildman–Crippen LogP) is 5.06. The van der Waals surface area contributed by atoms with Crippen molar-refractivity contribution in [2.45, 2.75) is 19.8 Å². The number of ether oxygens (including phenoxy) is 1. The van der Waals surface area contributed by atoms with Crippen molar-refractivity contribution in [2.75, 3.05) is 6.61 Å². The lowest BCUT2D eigenvalue weighted by Gasteiger charge is -2.05. The van der Waals surface area contributed by atoms with Gasteiger partial charge in [0.05, 0.1) is 18.2 Å². The summed E-state index contributed by atoms with van der Waals surface area (Å²) in [7, 11) is 0. The molecule has 1 aromatic heterocycles. The zero-order valence-corrected chi connectivity index (χ0v) is 13.5. The minimum Gasteiger partial charge on any atom is -0.494 e. The van der Waals surface area contributed by atoms with E-state index in [1.54, 1.807) is 12.1 Å². The Morgan fingerprint density at radius 1 is 1.08 bits per heavy atom. The predicted molar refractivity (Wildman–Crippen MR) is 92.5 cm³/mol. The van der Waals surface area contributed by atoms with Gasteiger partial charge in [0.25, 0.3) is 0 Å². The lowest BCUT2D eigenvalue weighted by atomic mass is 10.1. The molecular weight excluding hydrogens is 300 g/mol. The molecule has 2 aromatic carbocycles. The van der Waals surface area contributed by atoms with Gasteiger partial charge in [-0.15, -0.1) is 0 Å². The summed E-state index contributed by atoms with van der Waals surface area (Å²) in [5.74, 6) is 1.50. The van der Waals surface area contributed by atoms with Crippen LogP contribution in [0.1, 0.15) is 25.3 Å². The molecule has 0 saturated carbocycles. The van der Waals surface area contributed by atoms with Gasteiger partial charge in [-0.25, -0.2) is 0 Å². The van der Waals surface area contributed by atoms with E-state index >= 15 is 0 Å². The minimum atomic E-state index is 0.596. The molecular formula is C20H18N2O2. The minimum absolute atomic E-state index is 0.596. The van der Waals surface area contributed by atoms with Gasteiger partial charge >= 0.3 is 0 Å². The summed E-state index contributed by atoms with van der Waals surface area (Å²) < 4.78 is 11.1. The van der Waals surface area contributed by atoms with Gasteiger partial charge in [-0.05, 0) is 42.8 Å². The molecule has 3 rings (SSSR count). The highest BCUT2D eigenvalue weighted by molar-refractivity contribution is 5.67. The first kappa shape index (κ1) is 15.8. The van der Waals surface area contributed by atoms with Crippen molar-refractivity contribution in [1.82, 2.24) is 5.16 Å². The van der Waals surface area contributed by atoms with Crippen LogP contribution in [-0.2, 0) is 0 Å². The molecule has 0 N–H and O–H groups in total. The average molecular weight is 318 g/mol. The number of unbranched alkanes of at least 4 members (excludes halogenated alkanes) is 1. The molecule has 0 aliphatic heterocycles. The summed E-state index contributed by atoms with van der Waals surface area (Å²) in [5, 5.41) is 13.1. The van der Waals surface area contributed by atoms with Crippen LogP contribution >= 0.6 is 0 Å². The van der Waals surface area contributed by atoms with Gasteiger partial charge in [-0.3, -0.25) is 0 Å². The van der Waals surface area contributed by atoms with Crippen LogP contribution in [-0.4, -0.2) is 11.8 Å². The van der Waals surface area contributed by atoms with Gasteiger partial charge in [0.15, 0.2) is 5.76 Å². The SMILES string of the molecule is CCCCOc1ccc(-c2cc(-c3cccc(C#N)c3)on2)cc1. The first-order valence-electron chi connectivity index (χ1n) is 8.00. The lowest BCUT2D eigenvalue weighted by Crippen LogP contribution is -1.95. The molecule has 0 saturated heterocycles. The molecule has 0 radical (unpaired) electrons. The summed E-state index contributed by atoms with van der Waals surface area (Å²) >= 11 is 0. The summed E-state index contributed by atoms with van der Waals surface area (Å²) in [6.45, 7) is 2.88. The highest BCUT2D eigenvalue weighted by atomic mass is 16.5. The monoisotopic (exact) mass is 318 g/mol. The third kappa shape index (κ3) is 3.64. The third-order valence-electron chi connectivity index (χ3n) is 3.70. The van der Waals surface area contributed by atoms with Crippen molar-refractivity contribution in [2.24, 2.45) is 0 Å². The fourth-order valence-corrected chi connectivity index (χ4v) is 2.35. The van der Waals surface area contributed by atoms with E-state index in [-0.39, 0.29) is 0 Å². The molecule has 0 spiro atoms. The van der Waals surface area contributed by atoms with Crippen LogP contribution in [0.15, 0.2) is 59.1 Å². The molecule has 3 aromatic rings. The second kappa shape index (κ2) is 7.47. The summed E-state index contributed by atoms with van der Waals surface area (Å²) in [5.41, 5.74) is 3.16. The van der Waals surface area contributed by atoms with Crippen molar-refractivity contribution >= 4 is 0 Å². The molecule has 4 nitrogen and oxygen atoms in total. The van der Waals surface area contributed by atoms with E-state index in [2.05, 4.69) is 18.1 Å². The Bertz CT molecular complexity index is 845. The maximum atomic E-state index is 8.99. The molecule has 4 heteroatoms. The van der Waals surface area contributed by atoms with Crippen molar-refractivity contribution in [1.29, 1.82) is 5.26 Å². The molecule has 0 fully saturated rings. The van der Waals surface area contributed by atoms with Gasteiger partial charge in [0, 0.05) is 17.2 Å². The van der Waals surface area contributed by atoms with E-state index in [1.165, 1.54) is 0 Å². The van der Waals surface area contributed by atoms with Gasteiger partial charge in [-0.1, -0.05) is 30.6 Å². The van der Waals surface area contributed by atoms with E-state index in [9.17, 15) is 0 Å². The first-order valence-corrected chi connectivity index (χ1v) is 8.00. The Balaban J connectivity index is 1.76. The van der Waals surface area contributed by atoms with Gasteiger partial charge in [0.1, 0.15) is 11.4 Å². The average Bonchev–Trinajstić information content (AvgIpc) is 3.13. The molecule has 0 aliphatic rings. The van der Waals surface area contributed by atoms with Crippen LogP contribution in [0.5, 0.6) is 5.75 Å². The Morgan fingerprint density at radius 2 is 1.92 bits per heavy atom. The van der Waals surface area contributed by atoms with E-state index in [1.807, 2.05) is 42.5 Å². The molecule has 0 bridgehead atoms. The normalized spacial score (nSPS) is 10.3. The molecule has 120 valence electrons. The summed E-state index contributed by atoms with van der Waals surface area (Å²) in [6.07, 6.45) is 2.17. The zero-order chi connectivity index (χ0) is 16.8. The number of benzene rings is 2. The van der Waals surface area contributed by atoms with Crippen molar-refractivity contribution in [3.63, 3.8) is 0 Å². The fourth-order valence-electron chi connectivity index (χ4n) is 2.35. The Kier molecular flexibility index (Phi) is 4.93. The van der Waals surface area contributed by atoms with Crippen LogP contribution in [0.3, 0.4) is 0 Å². The Labute approximate surface area is 141 Å². The number of nitriles is 1. The second-order valence-electron chi connectivity index (χ2n) is 5.50. The number of rotatable bonds is 6. The van der Waals surface area contributed by atoms with Gasteiger partial charge in [-0.2, -0.15) is 5.26 Å². The smallest absolute Gasteiger partial charge is 0.167 e. The number of aromatic nitrogens is 1. The van der Waals surface area contributed by atoms with Gasteiger partial charge < -0.3 is 9.26 Å². The number of hydrogen-bond donors (Lipinski definition) is 0. The lowest BCUT2D eigenvalue weighted by molar-refractivity contribution is 0.309. The highest BCUT2D eigenvalue weighted by Crippen LogP contribution is 2.27. The van der Waals surface area contributed by atoms with E-state index in [0.29, 0.717) is 11.3 Å². The standard InChI is InChI=1S/C20H18N2O2/c1-2-3-11-23-18-9-7-16(8-10-18)19-13-20(24-22-19)17-6-4-5-15(12-17)14-21/h4-10,12-13H,2-3,11H2,1H3. The molecule has 0 unspecified atom stereocenters. The highest BCUT2D eigenvalue weighted by Gasteiger charge is 2.09. The first-order chi connectivity index (χ1) is 11.8. The van der Waals surface area contributed by atoms with Crippen molar-refractivity contribution in [3.8, 4) is 34.4 Å². The van der Waals surface area contributed by atoms with E-state index in [0.717, 1.165) is 42.0 Å². The zero-order valence-electron chi connectivity index (χ0n) is 13.5. The molecule has 0 atom stereocenters. The number of hydrogen-bond acceptors (Lipinski definition) is 4. The molecule has 24 heavy (non-hydrogen) atoms. The Hall–Kier alpha value is -3.06. The third-order valence-corrected chi connectivity index (χ3v) is 3.70. The maximum Gasteiger partial charge on any atom is 0.167 e. The topological polar surface area (TPSA) is 59.0 Å². The quantitative estimate of drug-likeness (QED) is 0.596. The molecule has 0 aliphatic carbocycles. The van der Waals surface area contributed by atoms with Crippen molar-refractivity contribution in [3.05, 3.63) is 60.2 Å². The number of nitrogens with zero attached hydrogens (tertiary/aromatic N) is 2. The van der Waals surface area contributed by atoms with Crippen LogP contribution in [0.2, 0.25) is 0 Å². The van der Waals surface area contributed by atoms with E-state index < -0.39 is 0 Å². The summed E-state index contributed by atoms with van der Waals surface area (Å²) in [4.78, 5) is 0. The van der Waals surface area contributed by atoms with Crippen LogP contribution in [0, 0.1) is 11.3 Å².